The van der Waals surface area contributed by atoms with Gasteiger partial charge in [0.15, 0.2) is 11.5 Å². The number of anilines is 2. The molecule has 0 aliphatic carbocycles. The molecule has 0 saturated heterocycles. The third kappa shape index (κ3) is 5.69. The van der Waals surface area contributed by atoms with Crippen LogP contribution in [-0.4, -0.2) is 55.3 Å². The molecule has 11 heteroatoms. The van der Waals surface area contributed by atoms with Crippen molar-refractivity contribution in [2.75, 3.05) is 44.6 Å². The van der Waals surface area contributed by atoms with Crippen molar-refractivity contribution in [1.29, 1.82) is 0 Å². The van der Waals surface area contributed by atoms with Crippen molar-refractivity contribution in [3.8, 4) is 17.2 Å². The first-order chi connectivity index (χ1) is 17.2. The van der Waals surface area contributed by atoms with Gasteiger partial charge < -0.3 is 24.3 Å². The van der Waals surface area contributed by atoms with Crippen molar-refractivity contribution in [3.63, 3.8) is 0 Å². The molecule has 0 atom stereocenters. The van der Waals surface area contributed by atoms with Gasteiger partial charge in [0.05, 0.1) is 50.3 Å². The van der Waals surface area contributed by atoms with E-state index < -0.39 is 28.4 Å². The number of methoxy groups -OCH3 is 4. The maximum atomic E-state index is 13.5. The summed E-state index contributed by atoms with van der Waals surface area (Å²) < 4.78 is 48.4. The van der Waals surface area contributed by atoms with Crippen LogP contribution in [0.4, 0.5) is 11.4 Å². The van der Waals surface area contributed by atoms with Crippen LogP contribution in [0.25, 0.3) is 0 Å². The van der Waals surface area contributed by atoms with Crippen LogP contribution >= 0.6 is 0 Å². The molecule has 36 heavy (non-hydrogen) atoms. The third-order valence-corrected chi connectivity index (χ3v) is 6.97. The quantitative estimate of drug-likeness (QED) is 0.409. The average Bonchev–Trinajstić information content (AvgIpc) is 2.91. The van der Waals surface area contributed by atoms with Crippen molar-refractivity contribution in [2.24, 2.45) is 0 Å². The molecular formula is C25H26N2O8S. The minimum absolute atomic E-state index is 0.00501. The number of amides is 1. The van der Waals surface area contributed by atoms with Crippen LogP contribution in [0.1, 0.15) is 10.4 Å². The lowest BCUT2D eigenvalue weighted by Crippen LogP contribution is -2.38. The van der Waals surface area contributed by atoms with E-state index in [4.69, 9.17) is 18.9 Å². The number of nitrogens with one attached hydrogen (secondary N) is 1. The van der Waals surface area contributed by atoms with E-state index >= 15 is 0 Å². The summed E-state index contributed by atoms with van der Waals surface area (Å²) in [5.74, 6) is -0.405. The van der Waals surface area contributed by atoms with Crippen LogP contribution in [-0.2, 0) is 19.6 Å². The highest BCUT2D eigenvalue weighted by Gasteiger charge is 2.28. The first-order valence-electron chi connectivity index (χ1n) is 10.6. The Bertz CT molecular complexity index is 1330. The number of ether oxygens (including phenoxy) is 4. The van der Waals surface area contributed by atoms with E-state index in [1.54, 1.807) is 30.3 Å². The maximum absolute atomic E-state index is 13.5. The summed E-state index contributed by atoms with van der Waals surface area (Å²) in [5.41, 5.74) is 0.317. The van der Waals surface area contributed by atoms with Crippen LogP contribution in [0, 0.1) is 0 Å². The topological polar surface area (TPSA) is 120 Å². The summed E-state index contributed by atoms with van der Waals surface area (Å²) in [5, 5.41) is 2.59. The molecular weight excluding hydrogens is 488 g/mol. The lowest BCUT2D eigenvalue weighted by atomic mass is 10.1. The van der Waals surface area contributed by atoms with E-state index in [0.717, 1.165) is 4.31 Å². The molecule has 0 spiro atoms. The fraction of sp³-hybridized carbons (Fsp3) is 0.200. The van der Waals surface area contributed by atoms with E-state index in [9.17, 15) is 18.0 Å². The van der Waals surface area contributed by atoms with Gasteiger partial charge in [-0.15, -0.1) is 0 Å². The van der Waals surface area contributed by atoms with Gasteiger partial charge in [-0.25, -0.2) is 13.2 Å². The first kappa shape index (κ1) is 26.4. The fourth-order valence-electron chi connectivity index (χ4n) is 3.36. The fourth-order valence-corrected chi connectivity index (χ4v) is 4.81. The van der Waals surface area contributed by atoms with Gasteiger partial charge in [0, 0.05) is 12.1 Å². The summed E-state index contributed by atoms with van der Waals surface area (Å²) in [6.07, 6.45) is 0. The van der Waals surface area contributed by atoms with Gasteiger partial charge >= 0.3 is 5.97 Å². The minimum Gasteiger partial charge on any atom is -0.497 e. The zero-order valence-electron chi connectivity index (χ0n) is 20.2. The van der Waals surface area contributed by atoms with Crippen LogP contribution in [0.3, 0.4) is 0 Å². The van der Waals surface area contributed by atoms with Crippen LogP contribution in [0.2, 0.25) is 0 Å². The van der Waals surface area contributed by atoms with Gasteiger partial charge in [0.1, 0.15) is 12.3 Å². The number of esters is 1. The van der Waals surface area contributed by atoms with E-state index in [2.05, 4.69) is 5.32 Å². The van der Waals surface area contributed by atoms with Crippen molar-refractivity contribution >= 4 is 33.3 Å². The Morgan fingerprint density at radius 2 is 1.44 bits per heavy atom. The van der Waals surface area contributed by atoms with Gasteiger partial charge in [0.25, 0.3) is 10.0 Å². The summed E-state index contributed by atoms with van der Waals surface area (Å²) in [7, 11) is 1.37. The Kier molecular flexibility index (Phi) is 8.38. The Labute approximate surface area is 209 Å². The molecule has 0 radical (unpaired) electrons. The van der Waals surface area contributed by atoms with Gasteiger partial charge in [-0.05, 0) is 36.4 Å². The number of carbonyl (C=O) groups excluding carboxylic acids is 2. The van der Waals surface area contributed by atoms with Crippen LogP contribution in [0.15, 0.2) is 71.6 Å². The molecule has 10 nitrogen and oxygen atoms in total. The van der Waals surface area contributed by atoms with Gasteiger partial charge in [-0.1, -0.05) is 18.2 Å². The van der Waals surface area contributed by atoms with E-state index in [1.807, 2.05) is 0 Å². The molecule has 1 N–H and O–H groups in total. The SMILES string of the molecule is COC(=O)c1cc(OC)c(OC)cc1NC(=O)CN(c1ccc(OC)cc1)S(=O)(=O)c1ccccc1. The second-order valence-electron chi connectivity index (χ2n) is 7.32. The van der Waals surface area contributed by atoms with Gasteiger partial charge in [-0.3, -0.25) is 9.10 Å². The highest BCUT2D eigenvalue weighted by molar-refractivity contribution is 7.92. The molecule has 0 aliphatic rings. The molecule has 0 bridgehead atoms. The smallest absolute Gasteiger partial charge is 0.340 e. The molecule has 3 rings (SSSR count). The highest BCUT2D eigenvalue weighted by atomic mass is 32.2. The summed E-state index contributed by atoms with van der Waals surface area (Å²) in [4.78, 5) is 25.5. The molecule has 3 aromatic carbocycles. The van der Waals surface area contributed by atoms with Crippen molar-refractivity contribution < 1.29 is 37.0 Å². The average molecular weight is 515 g/mol. The molecule has 0 saturated carbocycles. The van der Waals surface area contributed by atoms with Crippen molar-refractivity contribution in [2.45, 2.75) is 4.90 Å². The Morgan fingerprint density at radius 1 is 0.833 bits per heavy atom. The summed E-state index contributed by atoms with van der Waals surface area (Å²) >= 11 is 0. The molecule has 0 heterocycles. The molecule has 3 aromatic rings. The second kappa shape index (κ2) is 11.5. The Morgan fingerprint density at radius 3 is 2.00 bits per heavy atom. The normalized spacial score (nSPS) is 10.8. The zero-order valence-corrected chi connectivity index (χ0v) is 21.0. The van der Waals surface area contributed by atoms with Crippen LogP contribution in [0.5, 0.6) is 17.2 Å². The molecule has 190 valence electrons. The van der Waals surface area contributed by atoms with E-state index in [1.165, 1.54) is 64.8 Å². The first-order valence-corrected chi connectivity index (χ1v) is 12.0. The molecule has 0 unspecified atom stereocenters. The molecule has 0 aromatic heterocycles. The largest absolute Gasteiger partial charge is 0.497 e. The predicted octanol–water partition coefficient (Wildman–Crippen LogP) is 3.33. The molecule has 0 aliphatic heterocycles. The number of benzene rings is 3. The second-order valence-corrected chi connectivity index (χ2v) is 9.18. The summed E-state index contributed by atoms with van der Waals surface area (Å²) in [6.45, 7) is -0.585. The zero-order chi connectivity index (χ0) is 26.3. The number of hydrogen-bond acceptors (Lipinski definition) is 8. The number of rotatable bonds is 10. The molecule has 1 amide bonds. The lowest BCUT2D eigenvalue weighted by Gasteiger charge is -2.24. The Balaban J connectivity index is 2.00. The van der Waals surface area contributed by atoms with Gasteiger partial charge in [-0.2, -0.15) is 0 Å². The van der Waals surface area contributed by atoms with Crippen molar-refractivity contribution in [3.05, 3.63) is 72.3 Å². The lowest BCUT2D eigenvalue weighted by molar-refractivity contribution is -0.114. The van der Waals surface area contributed by atoms with E-state index in [-0.39, 0.29) is 33.3 Å². The van der Waals surface area contributed by atoms with E-state index in [0.29, 0.717) is 5.75 Å². The molecule has 0 fully saturated rings. The third-order valence-electron chi connectivity index (χ3n) is 5.18. The number of hydrogen-bond donors (Lipinski definition) is 1. The standard InChI is InChI=1S/C25H26N2O8S/c1-32-18-12-10-17(11-13-18)27(36(30,31)19-8-6-5-7-9-19)16-24(28)26-21-15-23(34-3)22(33-2)14-20(21)25(29)35-4/h5-15H,16H2,1-4H3,(H,26,28). The number of sulfonamides is 1. The summed E-state index contributed by atoms with van der Waals surface area (Å²) in [6, 6.07) is 16.7. The highest BCUT2D eigenvalue weighted by Crippen LogP contribution is 2.34. The Hall–Kier alpha value is -4.25. The monoisotopic (exact) mass is 514 g/mol. The minimum atomic E-state index is -4.12. The van der Waals surface area contributed by atoms with Crippen LogP contribution < -0.4 is 23.8 Å². The maximum Gasteiger partial charge on any atom is 0.340 e. The number of carbonyl (C=O) groups is 2. The predicted molar refractivity (Wildman–Crippen MR) is 133 cm³/mol. The van der Waals surface area contributed by atoms with Gasteiger partial charge in [0.2, 0.25) is 5.91 Å². The number of nitrogens with zero attached hydrogens (tertiary/aromatic N) is 1. The van der Waals surface area contributed by atoms with Crippen molar-refractivity contribution in [1.82, 2.24) is 0 Å².